The van der Waals surface area contributed by atoms with Crippen molar-refractivity contribution < 1.29 is 4.79 Å². The summed E-state index contributed by atoms with van der Waals surface area (Å²) in [5, 5.41) is 4.76. The van der Waals surface area contributed by atoms with Gasteiger partial charge in [-0.3, -0.25) is 10.3 Å². The number of nitrogens with zero attached hydrogens (tertiary/aromatic N) is 1. The molecule has 0 aliphatic rings. The number of hydrogen-bond acceptors (Lipinski definition) is 3. The Kier molecular flexibility index (Phi) is 3.02. The predicted octanol–water partition coefficient (Wildman–Crippen LogP) is 0.284. The molecule has 1 rings (SSSR count). The van der Waals surface area contributed by atoms with Gasteiger partial charge in [-0.2, -0.15) is 0 Å². The van der Waals surface area contributed by atoms with Crippen molar-refractivity contribution in [1.29, 1.82) is 0 Å². The fourth-order valence-electron chi connectivity index (χ4n) is 0.646. The van der Waals surface area contributed by atoms with Crippen molar-refractivity contribution in [3.05, 3.63) is 21.2 Å². The van der Waals surface area contributed by atoms with Gasteiger partial charge in [-0.05, 0) is 15.9 Å². The standard InChI is InChI=1S/C6H7BrN4O2/c1-8-5(12)10-4-3(7)2-9-6(13)11-4/h2H,1H3,(H3,8,9,10,11,12,13). The molecule has 6 nitrogen and oxygen atoms in total. The highest BCUT2D eigenvalue weighted by Crippen LogP contribution is 2.15. The van der Waals surface area contributed by atoms with Gasteiger partial charge in [0.05, 0.1) is 10.7 Å². The van der Waals surface area contributed by atoms with Crippen molar-refractivity contribution in [2.45, 2.75) is 0 Å². The van der Waals surface area contributed by atoms with Crippen molar-refractivity contribution in [2.75, 3.05) is 12.4 Å². The van der Waals surface area contributed by atoms with Crippen LogP contribution < -0.4 is 16.3 Å². The fourth-order valence-corrected chi connectivity index (χ4v) is 0.946. The molecule has 0 aromatic carbocycles. The normalized spacial score (nSPS) is 9.38. The Balaban J connectivity index is 2.94. The molecule has 0 radical (unpaired) electrons. The number of H-pyrrole nitrogens is 1. The molecule has 70 valence electrons. The van der Waals surface area contributed by atoms with Gasteiger partial charge in [-0.1, -0.05) is 0 Å². The Morgan fingerprint density at radius 3 is 3.00 bits per heavy atom. The van der Waals surface area contributed by atoms with Gasteiger partial charge in [-0.15, -0.1) is 0 Å². The van der Waals surface area contributed by atoms with E-state index in [1.807, 2.05) is 0 Å². The maximum atomic E-state index is 10.9. The lowest BCUT2D eigenvalue weighted by atomic mass is 10.6. The molecule has 1 heterocycles. The van der Waals surface area contributed by atoms with Crippen LogP contribution in [0.1, 0.15) is 0 Å². The number of carbonyl (C=O) groups excluding carboxylic acids is 1. The average molecular weight is 247 g/mol. The Hall–Kier alpha value is -1.37. The summed E-state index contributed by atoms with van der Waals surface area (Å²) in [5.41, 5.74) is -0.519. The van der Waals surface area contributed by atoms with Crippen molar-refractivity contribution in [3.63, 3.8) is 0 Å². The van der Waals surface area contributed by atoms with Crippen LogP contribution in [0.5, 0.6) is 0 Å². The first-order chi connectivity index (χ1) is 6.13. The summed E-state index contributed by atoms with van der Waals surface area (Å²) in [7, 11) is 1.47. The van der Waals surface area contributed by atoms with Gasteiger partial charge in [0.15, 0.2) is 0 Å². The molecule has 7 heteroatoms. The smallest absolute Gasteiger partial charge is 0.341 e. The van der Waals surface area contributed by atoms with Crippen LogP contribution in [0, 0.1) is 0 Å². The second kappa shape index (κ2) is 4.04. The average Bonchev–Trinajstić information content (AvgIpc) is 2.11. The summed E-state index contributed by atoms with van der Waals surface area (Å²) >= 11 is 3.11. The van der Waals surface area contributed by atoms with Crippen LogP contribution in [0.15, 0.2) is 15.5 Å². The highest BCUT2D eigenvalue weighted by Gasteiger charge is 2.03. The van der Waals surface area contributed by atoms with E-state index in [9.17, 15) is 9.59 Å². The summed E-state index contributed by atoms with van der Waals surface area (Å²) in [6.45, 7) is 0. The van der Waals surface area contributed by atoms with E-state index in [4.69, 9.17) is 0 Å². The van der Waals surface area contributed by atoms with Gasteiger partial charge in [0.1, 0.15) is 5.82 Å². The number of anilines is 1. The van der Waals surface area contributed by atoms with Crippen LogP contribution in [-0.4, -0.2) is 23.0 Å². The number of urea groups is 1. The molecule has 1 aromatic heterocycles. The van der Waals surface area contributed by atoms with E-state index in [1.165, 1.54) is 13.2 Å². The summed E-state index contributed by atoms with van der Waals surface area (Å²) in [6, 6.07) is -0.414. The number of hydrogen-bond donors (Lipinski definition) is 3. The molecule has 3 N–H and O–H groups in total. The Morgan fingerprint density at radius 1 is 1.69 bits per heavy atom. The number of aromatic nitrogens is 2. The minimum Gasteiger partial charge on any atom is -0.341 e. The zero-order valence-electron chi connectivity index (χ0n) is 6.72. The first kappa shape index (κ1) is 9.72. The van der Waals surface area contributed by atoms with Gasteiger partial charge in [-0.25, -0.2) is 14.6 Å². The molecule has 0 atom stereocenters. The van der Waals surface area contributed by atoms with Crippen molar-refractivity contribution in [3.8, 4) is 0 Å². The molecule has 0 spiro atoms. The van der Waals surface area contributed by atoms with Crippen LogP contribution in [0.25, 0.3) is 0 Å². The van der Waals surface area contributed by atoms with Gasteiger partial charge >= 0.3 is 11.7 Å². The van der Waals surface area contributed by atoms with Crippen LogP contribution in [-0.2, 0) is 0 Å². The monoisotopic (exact) mass is 246 g/mol. The van der Waals surface area contributed by atoms with Crippen LogP contribution in [0.2, 0.25) is 0 Å². The molecule has 13 heavy (non-hydrogen) atoms. The Labute approximate surface area is 81.9 Å². The van der Waals surface area contributed by atoms with Gasteiger partial charge in [0, 0.05) is 7.05 Å². The molecule has 0 saturated carbocycles. The third kappa shape index (κ3) is 2.55. The maximum Gasteiger partial charge on any atom is 0.346 e. The van der Waals surface area contributed by atoms with Gasteiger partial charge < -0.3 is 5.32 Å². The van der Waals surface area contributed by atoms with Gasteiger partial charge in [0.25, 0.3) is 0 Å². The summed E-state index contributed by atoms with van der Waals surface area (Å²) in [6.07, 6.45) is 1.31. The summed E-state index contributed by atoms with van der Waals surface area (Å²) in [4.78, 5) is 27.4. The van der Waals surface area contributed by atoms with E-state index in [0.29, 0.717) is 4.47 Å². The van der Waals surface area contributed by atoms with Gasteiger partial charge in [0.2, 0.25) is 0 Å². The molecule has 0 aliphatic heterocycles. The van der Waals surface area contributed by atoms with E-state index >= 15 is 0 Å². The SMILES string of the molecule is CNC(=O)Nc1[nH]c(=O)ncc1Br. The van der Waals surface area contributed by atoms with Crippen LogP contribution in [0.4, 0.5) is 10.6 Å². The highest BCUT2D eigenvalue weighted by molar-refractivity contribution is 9.10. The largest absolute Gasteiger partial charge is 0.346 e. The van der Waals surface area contributed by atoms with Crippen molar-refractivity contribution in [2.24, 2.45) is 0 Å². The second-order valence-electron chi connectivity index (χ2n) is 2.12. The number of rotatable bonds is 1. The third-order valence-electron chi connectivity index (χ3n) is 1.23. The number of aromatic amines is 1. The van der Waals surface area contributed by atoms with E-state index in [2.05, 4.69) is 36.5 Å². The number of nitrogens with one attached hydrogen (secondary N) is 3. The molecule has 2 amide bonds. The lowest BCUT2D eigenvalue weighted by Crippen LogP contribution is -2.26. The maximum absolute atomic E-state index is 10.9. The molecular formula is C6H7BrN4O2. The van der Waals surface area contributed by atoms with E-state index in [-0.39, 0.29) is 5.82 Å². The molecule has 0 fully saturated rings. The number of carbonyl (C=O) groups is 1. The van der Waals surface area contributed by atoms with E-state index in [1.54, 1.807) is 0 Å². The lowest BCUT2D eigenvalue weighted by molar-refractivity contribution is 0.254. The minimum atomic E-state index is -0.519. The van der Waals surface area contributed by atoms with Crippen LogP contribution in [0.3, 0.4) is 0 Å². The highest BCUT2D eigenvalue weighted by atomic mass is 79.9. The van der Waals surface area contributed by atoms with Crippen molar-refractivity contribution >= 4 is 27.8 Å². The molecule has 1 aromatic rings. The molecule has 0 saturated heterocycles. The Bertz CT molecular complexity index is 375. The lowest BCUT2D eigenvalue weighted by Gasteiger charge is -2.04. The molecule has 0 bridgehead atoms. The van der Waals surface area contributed by atoms with E-state index in [0.717, 1.165) is 0 Å². The topological polar surface area (TPSA) is 86.9 Å². The molecule has 0 unspecified atom stereocenters. The third-order valence-corrected chi connectivity index (χ3v) is 1.83. The summed E-state index contributed by atoms with van der Waals surface area (Å²) < 4.78 is 0.510. The quantitative estimate of drug-likeness (QED) is 0.666. The minimum absolute atomic E-state index is 0.277. The fraction of sp³-hybridized carbons (Fsp3) is 0.167. The first-order valence-electron chi connectivity index (χ1n) is 3.37. The van der Waals surface area contributed by atoms with E-state index < -0.39 is 11.7 Å². The van der Waals surface area contributed by atoms with Crippen LogP contribution >= 0.6 is 15.9 Å². The number of halogens is 1. The van der Waals surface area contributed by atoms with Crippen molar-refractivity contribution in [1.82, 2.24) is 15.3 Å². The first-order valence-corrected chi connectivity index (χ1v) is 4.16. The zero-order valence-corrected chi connectivity index (χ0v) is 8.31. The molecule has 0 aliphatic carbocycles. The second-order valence-corrected chi connectivity index (χ2v) is 2.97. The summed E-state index contributed by atoms with van der Waals surface area (Å²) in [5.74, 6) is 0.277. The Morgan fingerprint density at radius 2 is 2.38 bits per heavy atom. The predicted molar refractivity (Wildman–Crippen MR) is 50.6 cm³/mol. The zero-order chi connectivity index (χ0) is 9.84. The number of amides is 2. The molecular weight excluding hydrogens is 240 g/mol.